The maximum Gasteiger partial charge on any atom is 0.281 e. The van der Waals surface area contributed by atoms with E-state index >= 15 is 0 Å². The van der Waals surface area contributed by atoms with Gasteiger partial charge in [-0.15, -0.1) is 5.10 Å². The lowest BCUT2D eigenvalue weighted by atomic mass is 10.1. The third-order valence-corrected chi connectivity index (χ3v) is 6.66. The highest BCUT2D eigenvalue weighted by Crippen LogP contribution is 2.39. The Morgan fingerprint density at radius 2 is 1.94 bits per heavy atom. The lowest BCUT2D eigenvalue weighted by Gasteiger charge is -2.14. The lowest BCUT2D eigenvalue weighted by molar-refractivity contribution is 0.392. The zero-order chi connectivity index (χ0) is 25.0. The highest BCUT2D eigenvalue weighted by Gasteiger charge is 2.26. The molecule has 0 aliphatic heterocycles. The SMILES string of the molecule is COc1nn(-c2cccc(-c3nccn3C(C)C)n2)c(=O)c2cc(-n3cnc(C4CC4)c3)c(C)cc12. The van der Waals surface area contributed by atoms with Crippen LogP contribution in [0.5, 0.6) is 5.88 Å². The van der Waals surface area contributed by atoms with E-state index in [1.165, 1.54) is 17.5 Å². The summed E-state index contributed by atoms with van der Waals surface area (Å²) in [7, 11) is 1.56. The molecule has 0 N–H and O–H groups in total. The third kappa shape index (κ3) is 3.67. The summed E-state index contributed by atoms with van der Waals surface area (Å²) in [6.45, 7) is 6.18. The molecule has 9 heteroatoms. The maximum absolute atomic E-state index is 13.7. The fourth-order valence-corrected chi connectivity index (χ4v) is 4.59. The van der Waals surface area contributed by atoms with Crippen molar-refractivity contribution in [3.05, 3.63) is 76.9 Å². The molecule has 0 radical (unpaired) electrons. The van der Waals surface area contributed by atoms with Crippen LogP contribution < -0.4 is 10.3 Å². The molecule has 0 unspecified atom stereocenters. The Bertz CT molecular complexity index is 1660. The molecule has 0 amide bonds. The first-order valence-electron chi connectivity index (χ1n) is 12.1. The van der Waals surface area contributed by atoms with E-state index in [1.54, 1.807) is 19.4 Å². The fourth-order valence-electron chi connectivity index (χ4n) is 4.59. The maximum atomic E-state index is 13.7. The van der Waals surface area contributed by atoms with Crippen LogP contribution in [0, 0.1) is 6.92 Å². The minimum Gasteiger partial charge on any atom is -0.480 e. The van der Waals surface area contributed by atoms with Gasteiger partial charge in [0, 0.05) is 30.6 Å². The normalized spacial score (nSPS) is 13.6. The quantitative estimate of drug-likeness (QED) is 0.352. The number of fused-ring (bicyclic) bond motifs is 1. The number of aromatic nitrogens is 7. The molecule has 1 saturated carbocycles. The molecular weight excluding hydrogens is 454 g/mol. The van der Waals surface area contributed by atoms with Crippen molar-refractivity contribution in [1.29, 1.82) is 0 Å². The number of rotatable bonds is 6. The molecule has 182 valence electrons. The molecule has 9 nitrogen and oxygen atoms in total. The summed E-state index contributed by atoms with van der Waals surface area (Å²) in [4.78, 5) is 27.5. The van der Waals surface area contributed by atoms with Crippen molar-refractivity contribution in [2.45, 2.75) is 45.6 Å². The van der Waals surface area contributed by atoms with Gasteiger partial charge in [-0.25, -0.2) is 15.0 Å². The Morgan fingerprint density at radius 1 is 1.11 bits per heavy atom. The average Bonchev–Trinajstić information content (AvgIpc) is 3.39. The number of hydrogen-bond acceptors (Lipinski definition) is 6. The first-order chi connectivity index (χ1) is 17.4. The Balaban J connectivity index is 1.51. The van der Waals surface area contributed by atoms with Gasteiger partial charge >= 0.3 is 0 Å². The molecule has 1 aromatic carbocycles. The fraction of sp³-hybridized carbons (Fsp3) is 0.296. The Hall–Kier alpha value is -4.27. The van der Waals surface area contributed by atoms with E-state index in [2.05, 4.69) is 35.1 Å². The Labute approximate surface area is 208 Å². The molecule has 0 spiro atoms. The van der Waals surface area contributed by atoms with Crippen LogP contribution in [-0.4, -0.2) is 41.0 Å². The van der Waals surface area contributed by atoms with Gasteiger partial charge in [-0.2, -0.15) is 4.68 Å². The second kappa shape index (κ2) is 8.44. The van der Waals surface area contributed by atoms with E-state index in [1.807, 2.05) is 52.8 Å². The molecule has 5 aromatic rings. The zero-order valence-corrected chi connectivity index (χ0v) is 20.7. The highest BCUT2D eigenvalue weighted by molar-refractivity contribution is 5.89. The van der Waals surface area contributed by atoms with E-state index in [0.29, 0.717) is 34.1 Å². The van der Waals surface area contributed by atoms with Gasteiger partial charge in [0.25, 0.3) is 5.56 Å². The van der Waals surface area contributed by atoms with Gasteiger partial charge in [-0.1, -0.05) is 6.07 Å². The average molecular weight is 482 g/mol. The van der Waals surface area contributed by atoms with E-state index in [0.717, 1.165) is 22.8 Å². The largest absolute Gasteiger partial charge is 0.480 e. The van der Waals surface area contributed by atoms with Crippen molar-refractivity contribution in [3.63, 3.8) is 0 Å². The van der Waals surface area contributed by atoms with Crippen molar-refractivity contribution in [1.82, 2.24) is 33.9 Å². The van der Waals surface area contributed by atoms with Crippen LogP contribution in [0.1, 0.15) is 49.9 Å². The monoisotopic (exact) mass is 481 g/mol. The predicted molar refractivity (Wildman–Crippen MR) is 137 cm³/mol. The van der Waals surface area contributed by atoms with Gasteiger partial charge in [-0.3, -0.25) is 4.79 Å². The lowest BCUT2D eigenvalue weighted by Crippen LogP contribution is -2.23. The minimum absolute atomic E-state index is 0.222. The van der Waals surface area contributed by atoms with Crippen molar-refractivity contribution in [2.24, 2.45) is 0 Å². The molecule has 1 aliphatic carbocycles. The van der Waals surface area contributed by atoms with Gasteiger partial charge in [0.1, 0.15) is 5.69 Å². The summed E-state index contributed by atoms with van der Waals surface area (Å²) >= 11 is 0. The van der Waals surface area contributed by atoms with Gasteiger partial charge < -0.3 is 13.9 Å². The summed E-state index contributed by atoms with van der Waals surface area (Å²) in [5, 5.41) is 5.68. The zero-order valence-electron chi connectivity index (χ0n) is 20.7. The van der Waals surface area contributed by atoms with Crippen molar-refractivity contribution in [2.75, 3.05) is 7.11 Å². The molecule has 0 bridgehead atoms. The predicted octanol–water partition coefficient (Wildman–Crippen LogP) is 4.61. The summed E-state index contributed by atoms with van der Waals surface area (Å²) in [5.74, 6) is 2.05. The molecule has 4 aromatic heterocycles. The minimum atomic E-state index is -0.272. The molecule has 36 heavy (non-hydrogen) atoms. The number of imidazole rings is 2. The topological polar surface area (TPSA) is 92.6 Å². The molecule has 4 heterocycles. The van der Waals surface area contributed by atoms with Crippen LogP contribution in [0.3, 0.4) is 0 Å². The number of aryl methyl sites for hydroxylation is 1. The van der Waals surface area contributed by atoms with Gasteiger partial charge in [0.05, 0.1) is 35.6 Å². The standard InChI is InChI=1S/C27H27N7O2/c1-16(2)33-11-10-28-25(33)21-6-5-7-24(30-21)34-27(35)20-13-23(17(3)12-19(20)26(31-34)36-4)32-14-22(29-15-32)18-8-9-18/h5-7,10-16,18H,8-9H2,1-4H3. The smallest absolute Gasteiger partial charge is 0.281 e. The van der Waals surface area contributed by atoms with Crippen molar-refractivity contribution in [3.8, 4) is 28.9 Å². The van der Waals surface area contributed by atoms with E-state index < -0.39 is 0 Å². The number of benzene rings is 1. The van der Waals surface area contributed by atoms with Crippen LogP contribution >= 0.6 is 0 Å². The van der Waals surface area contributed by atoms with Gasteiger partial charge in [-0.05, 0) is 63.4 Å². The Kier molecular flexibility index (Phi) is 5.21. The van der Waals surface area contributed by atoms with E-state index in [4.69, 9.17) is 9.72 Å². The number of pyridine rings is 1. The molecule has 0 saturated heterocycles. The number of methoxy groups -OCH3 is 1. The van der Waals surface area contributed by atoms with Crippen LogP contribution in [0.2, 0.25) is 0 Å². The van der Waals surface area contributed by atoms with Crippen molar-refractivity contribution >= 4 is 10.8 Å². The summed E-state index contributed by atoms with van der Waals surface area (Å²) in [6.07, 6.45) is 9.93. The van der Waals surface area contributed by atoms with Crippen molar-refractivity contribution < 1.29 is 4.74 Å². The molecular formula is C27H27N7O2. The van der Waals surface area contributed by atoms with Gasteiger partial charge in [0.15, 0.2) is 11.6 Å². The van der Waals surface area contributed by atoms with Gasteiger partial charge in [0.2, 0.25) is 5.88 Å². The Morgan fingerprint density at radius 3 is 2.69 bits per heavy atom. The van der Waals surface area contributed by atoms with E-state index in [9.17, 15) is 4.79 Å². The molecule has 1 fully saturated rings. The number of ether oxygens (including phenoxy) is 1. The second-order valence-electron chi connectivity index (χ2n) is 9.52. The van der Waals surface area contributed by atoms with Crippen LogP contribution in [0.15, 0.2) is 60.0 Å². The number of hydrogen-bond donors (Lipinski definition) is 0. The molecule has 0 atom stereocenters. The second-order valence-corrected chi connectivity index (χ2v) is 9.52. The van der Waals surface area contributed by atoms with Crippen LogP contribution in [-0.2, 0) is 0 Å². The van der Waals surface area contributed by atoms with E-state index in [-0.39, 0.29) is 11.6 Å². The summed E-state index contributed by atoms with van der Waals surface area (Å²) in [6, 6.07) is 9.56. The first-order valence-corrected chi connectivity index (χ1v) is 12.1. The van der Waals surface area contributed by atoms with Crippen LogP contribution in [0.4, 0.5) is 0 Å². The third-order valence-electron chi connectivity index (χ3n) is 6.66. The number of nitrogens with zero attached hydrogens (tertiary/aromatic N) is 7. The summed E-state index contributed by atoms with van der Waals surface area (Å²) in [5.41, 5.74) is 3.39. The first kappa shape index (κ1) is 22.2. The highest BCUT2D eigenvalue weighted by atomic mass is 16.5. The molecule has 6 rings (SSSR count). The van der Waals surface area contributed by atoms with Crippen LogP contribution in [0.25, 0.3) is 33.8 Å². The molecule has 1 aliphatic rings. The summed E-state index contributed by atoms with van der Waals surface area (Å²) < 4.78 is 10.9.